The fourth-order valence-corrected chi connectivity index (χ4v) is 2.54. The van der Waals surface area contributed by atoms with Gasteiger partial charge in [0.05, 0.1) is 11.0 Å². The number of carbonyl (C=O) groups is 1. The van der Waals surface area contributed by atoms with Crippen molar-refractivity contribution in [3.63, 3.8) is 0 Å². The molecule has 1 atom stereocenters. The maximum Gasteiger partial charge on any atom is 0.242 e. The van der Waals surface area contributed by atoms with E-state index in [9.17, 15) is 4.79 Å². The summed E-state index contributed by atoms with van der Waals surface area (Å²) in [5, 5.41) is 2.69. The number of fused-ring (bicyclic) bond motifs is 1. The van der Waals surface area contributed by atoms with E-state index in [0.717, 1.165) is 22.4 Å². The number of imidazole rings is 1. The zero-order chi connectivity index (χ0) is 14.0. The highest BCUT2D eigenvalue weighted by atomic mass is 35.5. The summed E-state index contributed by atoms with van der Waals surface area (Å²) in [7, 11) is 1.64. The van der Waals surface area contributed by atoms with Gasteiger partial charge in [0.15, 0.2) is 0 Å². The molecular formula is C14H18ClN3O. The number of halogens is 1. The molecule has 2 rings (SSSR count). The van der Waals surface area contributed by atoms with Crippen molar-refractivity contribution >= 4 is 28.5 Å². The molecule has 0 aliphatic heterocycles. The number of nitrogens with one attached hydrogen (secondary N) is 1. The van der Waals surface area contributed by atoms with Crippen LogP contribution in [0.2, 0.25) is 0 Å². The van der Waals surface area contributed by atoms with E-state index >= 15 is 0 Å². The standard InChI is InChI=1S/C14H18ClN3O/c1-9-5-4-6-11-13(9)18(10(2)14(19)16-3)12(17-11)7-8-15/h4-6,10H,7-8H2,1-3H3,(H,16,19). The maximum absolute atomic E-state index is 11.9. The summed E-state index contributed by atoms with van der Waals surface area (Å²) in [5.74, 6) is 1.32. The second-order valence-corrected chi connectivity index (χ2v) is 4.95. The topological polar surface area (TPSA) is 46.9 Å². The summed E-state index contributed by atoms with van der Waals surface area (Å²) in [6.07, 6.45) is 0.650. The summed E-state index contributed by atoms with van der Waals surface area (Å²) in [6, 6.07) is 5.67. The van der Waals surface area contributed by atoms with Crippen molar-refractivity contribution in [1.29, 1.82) is 0 Å². The van der Waals surface area contributed by atoms with Gasteiger partial charge in [0.1, 0.15) is 11.9 Å². The summed E-state index contributed by atoms with van der Waals surface area (Å²) in [6.45, 7) is 3.91. The van der Waals surface area contributed by atoms with Crippen molar-refractivity contribution < 1.29 is 4.79 Å². The van der Waals surface area contributed by atoms with Crippen molar-refractivity contribution in [2.24, 2.45) is 0 Å². The average molecular weight is 280 g/mol. The molecule has 19 heavy (non-hydrogen) atoms. The molecule has 0 fully saturated rings. The van der Waals surface area contributed by atoms with Crippen molar-refractivity contribution in [2.45, 2.75) is 26.3 Å². The van der Waals surface area contributed by atoms with Crippen molar-refractivity contribution in [1.82, 2.24) is 14.9 Å². The molecule has 0 saturated carbocycles. The number of nitrogens with zero attached hydrogens (tertiary/aromatic N) is 2. The fraction of sp³-hybridized carbons (Fsp3) is 0.429. The molecule has 1 heterocycles. The number of para-hydroxylation sites is 1. The lowest BCUT2D eigenvalue weighted by Crippen LogP contribution is -2.29. The lowest BCUT2D eigenvalue weighted by molar-refractivity contribution is -0.123. The van der Waals surface area contributed by atoms with Crippen LogP contribution in [0, 0.1) is 6.92 Å². The van der Waals surface area contributed by atoms with Crippen molar-refractivity contribution in [3.8, 4) is 0 Å². The first kappa shape index (κ1) is 13.9. The lowest BCUT2D eigenvalue weighted by Gasteiger charge is -2.16. The highest BCUT2D eigenvalue weighted by Crippen LogP contribution is 2.24. The zero-order valence-corrected chi connectivity index (χ0v) is 12.2. The summed E-state index contributed by atoms with van der Waals surface area (Å²) in [4.78, 5) is 16.5. The van der Waals surface area contributed by atoms with E-state index in [2.05, 4.69) is 10.3 Å². The Morgan fingerprint density at radius 1 is 1.53 bits per heavy atom. The summed E-state index contributed by atoms with van der Waals surface area (Å²) in [5.41, 5.74) is 3.04. The van der Waals surface area contributed by atoms with Crippen LogP contribution in [-0.2, 0) is 11.2 Å². The fourth-order valence-electron chi connectivity index (χ4n) is 2.37. The largest absolute Gasteiger partial charge is 0.357 e. The Kier molecular flexibility index (Phi) is 4.10. The van der Waals surface area contributed by atoms with Crippen LogP contribution in [0.25, 0.3) is 11.0 Å². The van der Waals surface area contributed by atoms with Crippen molar-refractivity contribution in [2.75, 3.05) is 12.9 Å². The Morgan fingerprint density at radius 2 is 2.26 bits per heavy atom. The van der Waals surface area contributed by atoms with Gasteiger partial charge in [0.2, 0.25) is 5.91 Å². The summed E-state index contributed by atoms with van der Waals surface area (Å²) >= 11 is 5.84. The number of alkyl halides is 1. The van der Waals surface area contributed by atoms with Gasteiger partial charge in [-0.1, -0.05) is 12.1 Å². The number of amides is 1. The van der Waals surface area contributed by atoms with E-state index in [1.165, 1.54) is 0 Å². The predicted octanol–water partition coefficient (Wildman–Crippen LogP) is 2.43. The van der Waals surface area contributed by atoms with Gasteiger partial charge in [-0.25, -0.2) is 4.98 Å². The molecule has 0 spiro atoms. The Balaban J connectivity index is 2.66. The Morgan fingerprint density at radius 3 is 2.89 bits per heavy atom. The molecule has 0 aliphatic rings. The molecule has 1 unspecified atom stereocenters. The van der Waals surface area contributed by atoms with E-state index in [1.807, 2.05) is 36.6 Å². The molecule has 0 aliphatic carbocycles. The van der Waals surface area contributed by atoms with Gasteiger partial charge in [-0.3, -0.25) is 4.79 Å². The molecule has 4 nitrogen and oxygen atoms in total. The van der Waals surface area contributed by atoms with Crippen LogP contribution in [0.15, 0.2) is 18.2 Å². The Bertz CT molecular complexity index is 606. The lowest BCUT2D eigenvalue weighted by atomic mass is 10.2. The van der Waals surface area contributed by atoms with Crippen LogP contribution < -0.4 is 5.32 Å². The first-order valence-corrected chi connectivity index (χ1v) is 6.87. The zero-order valence-electron chi connectivity index (χ0n) is 11.4. The van der Waals surface area contributed by atoms with Gasteiger partial charge in [-0.15, -0.1) is 11.6 Å². The highest BCUT2D eigenvalue weighted by Gasteiger charge is 2.21. The number of hydrogen-bond acceptors (Lipinski definition) is 2. The molecule has 5 heteroatoms. The monoisotopic (exact) mass is 279 g/mol. The molecule has 0 saturated heterocycles. The molecule has 2 aromatic rings. The molecule has 0 radical (unpaired) electrons. The van der Waals surface area contributed by atoms with E-state index in [4.69, 9.17) is 11.6 Å². The average Bonchev–Trinajstić information content (AvgIpc) is 2.77. The van der Waals surface area contributed by atoms with Crippen LogP contribution in [0.3, 0.4) is 0 Å². The third-order valence-corrected chi connectivity index (χ3v) is 3.51. The predicted molar refractivity (Wildman–Crippen MR) is 77.7 cm³/mol. The van der Waals surface area contributed by atoms with E-state index in [0.29, 0.717) is 12.3 Å². The minimum Gasteiger partial charge on any atom is -0.357 e. The molecule has 1 amide bonds. The highest BCUT2D eigenvalue weighted by molar-refractivity contribution is 6.17. The van der Waals surface area contributed by atoms with Crippen LogP contribution in [0.1, 0.15) is 24.4 Å². The van der Waals surface area contributed by atoms with Crippen LogP contribution in [0.5, 0.6) is 0 Å². The number of rotatable bonds is 4. The van der Waals surface area contributed by atoms with Crippen LogP contribution >= 0.6 is 11.6 Å². The SMILES string of the molecule is CNC(=O)C(C)n1c(CCCl)nc2cccc(C)c21. The molecule has 1 N–H and O–H groups in total. The molecule has 0 bridgehead atoms. The first-order chi connectivity index (χ1) is 9.10. The van der Waals surface area contributed by atoms with Crippen molar-refractivity contribution in [3.05, 3.63) is 29.6 Å². The van der Waals surface area contributed by atoms with Gasteiger partial charge in [0, 0.05) is 19.3 Å². The number of likely N-dealkylation sites (N-methyl/N-ethyl adjacent to an activating group) is 1. The van der Waals surface area contributed by atoms with Gasteiger partial charge in [-0.2, -0.15) is 0 Å². The quantitative estimate of drug-likeness (QED) is 0.874. The van der Waals surface area contributed by atoms with Gasteiger partial charge >= 0.3 is 0 Å². The van der Waals surface area contributed by atoms with Crippen LogP contribution in [0.4, 0.5) is 0 Å². The molecule has 1 aromatic heterocycles. The van der Waals surface area contributed by atoms with E-state index < -0.39 is 0 Å². The normalized spacial score (nSPS) is 12.6. The number of carbonyl (C=O) groups excluding carboxylic acids is 1. The maximum atomic E-state index is 11.9. The molecule has 1 aromatic carbocycles. The van der Waals surface area contributed by atoms with E-state index in [-0.39, 0.29) is 11.9 Å². The smallest absolute Gasteiger partial charge is 0.242 e. The second-order valence-electron chi connectivity index (χ2n) is 4.57. The summed E-state index contributed by atoms with van der Waals surface area (Å²) < 4.78 is 1.99. The third-order valence-electron chi connectivity index (χ3n) is 3.32. The minimum atomic E-state index is -0.297. The Hall–Kier alpha value is -1.55. The Labute approximate surface area is 117 Å². The van der Waals surface area contributed by atoms with Gasteiger partial charge in [-0.05, 0) is 25.5 Å². The van der Waals surface area contributed by atoms with E-state index in [1.54, 1.807) is 7.05 Å². The molecular weight excluding hydrogens is 262 g/mol. The number of benzene rings is 1. The second kappa shape index (κ2) is 5.61. The number of hydrogen-bond donors (Lipinski definition) is 1. The number of aryl methyl sites for hydroxylation is 2. The minimum absolute atomic E-state index is 0.0293. The van der Waals surface area contributed by atoms with Crippen LogP contribution in [-0.4, -0.2) is 28.4 Å². The third kappa shape index (κ3) is 2.45. The number of aromatic nitrogens is 2. The molecule has 102 valence electrons. The van der Waals surface area contributed by atoms with Gasteiger partial charge < -0.3 is 9.88 Å². The first-order valence-electron chi connectivity index (χ1n) is 6.34. The van der Waals surface area contributed by atoms with Gasteiger partial charge in [0.25, 0.3) is 0 Å².